The van der Waals surface area contributed by atoms with Crippen LogP contribution in [0.5, 0.6) is 0 Å². The molecule has 0 radical (unpaired) electrons. The second-order valence-corrected chi connectivity index (χ2v) is 10.2. The standard InChI is InChI=1S/C34H37N2/c1-6-10-27(5)34(7-2)24-35-22-9-8-11-33(35)31-23-30(20-21-32(31)34)36(28-16-12-25(3)13-17-28)29-18-14-26(4)15-19-29/h8-9,11-23H,5-7,10,24H2,1-4H3/q+1. The van der Waals surface area contributed by atoms with Crippen LogP contribution in [0, 0.1) is 13.8 Å². The number of fused-ring (bicyclic) bond motifs is 3. The fourth-order valence-corrected chi connectivity index (χ4v) is 5.77. The Hall–Kier alpha value is -3.65. The van der Waals surface area contributed by atoms with E-state index in [1.807, 2.05) is 0 Å². The molecule has 0 saturated heterocycles. The van der Waals surface area contributed by atoms with Gasteiger partial charge in [0.25, 0.3) is 0 Å². The van der Waals surface area contributed by atoms with Crippen LogP contribution < -0.4 is 9.47 Å². The van der Waals surface area contributed by atoms with Crippen molar-refractivity contribution in [2.75, 3.05) is 4.90 Å². The normalized spacial score (nSPS) is 16.2. The predicted molar refractivity (Wildman–Crippen MR) is 152 cm³/mol. The maximum Gasteiger partial charge on any atom is 0.212 e. The molecule has 36 heavy (non-hydrogen) atoms. The van der Waals surface area contributed by atoms with Gasteiger partial charge in [-0.05, 0) is 74.7 Å². The van der Waals surface area contributed by atoms with Crippen LogP contribution in [0.1, 0.15) is 49.8 Å². The van der Waals surface area contributed by atoms with E-state index in [0.717, 1.165) is 25.8 Å². The minimum absolute atomic E-state index is 0.0541. The van der Waals surface area contributed by atoms with Gasteiger partial charge in [-0.3, -0.25) is 0 Å². The third-order valence-corrected chi connectivity index (χ3v) is 7.85. The molecule has 1 atom stereocenters. The van der Waals surface area contributed by atoms with Gasteiger partial charge in [-0.2, -0.15) is 4.57 Å². The lowest BCUT2D eigenvalue weighted by atomic mass is 9.67. The highest BCUT2D eigenvalue weighted by molar-refractivity contribution is 5.81. The molecule has 0 amide bonds. The first kappa shape index (κ1) is 24.1. The van der Waals surface area contributed by atoms with Crippen LogP contribution in [0.3, 0.4) is 0 Å². The summed E-state index contributed by atoms with van der Waals surface area (Å²) in [6.07, 6.45) is 5.44. The zero-order valence-corrected chi connectivity index (χ0v) is 22.1. The molecule has 0 fully saturated rings. The van der Waals surface area contributed by atoms with E-state index in [2.05, 4.69) is 135 Å². The first-order chi connectivity index (χ1) is 17.5. The van der Waals surface area contributed by atoms with E-state index < -0.39 is 0 Å². The molecular formula is C34H37N2+. The average Bonchev–Trinajstić information content (AvgIpc) is 2.90. The van der Waals surface area contributed by atoms with Crippen LogP contribution in [-0.4, -0.2) is 0 Å². The Morgan fingerprint density at radius 1 is 0.833 bits per heavy atom. The molecule has 0 saturated carbocycles. The molecule has 0 spiro atoms. The summed E-state index contributed by atoms with van der Waals surface area (Å²) in [5, 5.41) is 0. The number of rotatable bonds is 7. The summed E-state index contributed by atoms with van der Waals surface area (Å²) in [4.78, 5) is 2.37. The van der Waals surface area contributed by atoms with E-state index >= 15 is 0 Å². The van der Waals surface area contributed by atoms with Crippen molar-refractivity contribution in [1.29, 1.82) is 0 Å². The van der Waals surface area contributed by atoms with Gasteiger partial charge in [0.1, 0.15) is 0 Å². The molecule has 0 aliphatic carbocycles. The lowest BCUT2D eigenvalue weighted by Crippen LogP contribution is -2.51. The molecule has 5 rings (SSSR count). The lowest BCUT2D eigenvalue weighted by Gasteiger charge is -2.38. The first-order valence-corrected chi connectivity index (χ1v) is 13.2. The number of hydrogen-bond acceptors (Lipinski definition) is 1. The van der Waals surface area contributed by atoms with E-state index in [9.17, 15) is 0 Å². The van der Waals surface area contributed by atoms with Gasteiger partial charge in [0.15, 0.2) is 12.7 Å². The molecule has 1 aliphatic heterocycles. The van der Waals surface area contributed by atoms with Gasteiger partial charge in [0.05, 0.1) is 11.0 Å². The minimum Gasteiger partial charge on any atom is -0.310 e. The Kier molecular flexibility index (Phi) is 6.53. The topological polar surface area (TPSA) is 7.12 Å². The van der Waals surface area contributed by atoms with Crippen LogP contribution in [0.2, 0.25) is 0 Å². The molecule has 2 nitrogen and oxygen atoms in total. The van der Waals surface area contributed by atoms with Gasteiger partial charge in [0, 0.05) is 29.2 Å². The summed E-state index contributed by atoms with van der Waals surface area (Å²) in [5.74, 6) is 0. The summed E-state index contributed by atoms with van der Waals surface area (Å²) in [5.41, 5.74) is 11.3. The molecule has 2 heterocycles. The molecule has 0 bridgehead atoms. The second kappa shape index (κ2) is 9.78. The highest BCUT2D eigenvalue weighted by Crippen LogP contribution is 2.47. The smallest absolute Gasteiger partial charge is 0.212 e. The Labute approximate surface area is 216 Å². The van der Waals surface area contributed by atoms with Crippen LogP contribution >= 0.6 is 0 Å². The van der Waals surface area contributed by atoms with Crippen molar-refractivity contribution in [1.82, 2.24) is 0 Å². The molecular weight excluding hydrogens is 436 g/mol. The zero-order chi connectivity index (χ0) is 25.3. The molecule has 182 valence electrons. The number of hydrogen-bond donors (Lipinski definition) is 0. The van der Waals surface area contributed by atoms with Crippen LogP contribution in [0.4, 0.5) is 17.1 Å². The Morgan fingerprint density at radius 3 is 2.03 bits per heavy atom. The van der Waals surface area contributed by atoms with E-state index in [1.165, 1.54) is 50.6 Å². The maximum absolute atomic E-state index is 4.63. The number of benzene rings is 3. The second-order valence-electron chi connectivity index (χ2n) is 10.2. The summed E-state index contributed by atoms with van der Waals surface area (Å²) in [6.45, 7) is 14.4. The number of nitrogens with zero attached hydrogens (tertiary/aromatic N) is 2. The molecule has 2 heteroatoms. The molecule has 1 aromatic heterocycles. The number of aryl methyl sites for hydroxylation is 2. The van der Waals surface area contributed by atoms with Crippen LogP contribution in [0.25, 0.3) is 11.3 Å². The number of pyridine rings is 1. The van der Waals surface area contributed by atoms with Gasteiger partial charge in [-0.25, -0.2) is 0 Å². The quantitative estimate of drug-likeness (QED) is 0.192. The SMILES string of the molecule is C=C(CCC)C1(CC)C[n+]2ccccc2-c2cc(N(c3ccc(C)cc3)c3ccc(C)cc3)ccc21. The molecule has 1 unspecified atom stereocenters. The van der Waals surface area contributed by atoms with Gasteiger partial charge in [-0.1, -0.05) is 73.9 Å². The van der Waals surface area contributed by atoms with E-state index in [4.69, 9.17) is 0 Å². The van der Waals surface area contributed by atoms with Gasteiger partial charge in [-0.15, -0.1) is 0 Å². The van der Waals surface area contributed by atoms with Crippen molar-refractivity contribution in [3.8, 4) is 11.3 Å². The summed E-state index contributed by atoms with van der Waals surface area (Å²) < 4.78 is 2.43. The van der Waals surface area contributed by atoms with Crippen molar-refractivity contribution in [2.24, 2.45) is 0 Å². The van der Waals surface area contributed by atoms with Crippen molar-refractivity contribution in [3.05, 3.63) is 120 Å². The lowest BCUT2D eigenvalue weighted by molar-refractivity contribution is -0.695. The molecule has 3 aromatic carbocycles. The third kappa shape index (κ3) is 4.15. The Bertz CT molecular complexity index is 1340. The summed E-state index contributed by atoms with van der Waals surface area (Å²) in [7, 11) is 0. The maximum atomic E-state index is 4.63. The predicted octanol–water partition coefficient (Wildman–Crippen LogP) is 8.75. The van der Waals surface area contributed by atoms with Crippen LogP contribution in [-0.2, 0) is 12.0 Å². The largest absolute Gasteiger partial charge is 0.310 e. The molecule has 1 aliphatic rings. The zero-order valence-electron chi connectivity index (χ0n) is 22.1. The highest BCUT2D eigenvalue weighted by atomic mass is 15.1. The molecule has 4 aromatic rings. The van der Waals surface area contributed by atoms with Crippen LogP contribution in [0.15, 0.2) is 103 Å². The van der Waals surface area contributed by atoms with Crippen molar-refractivity contribution >= 4 is 17.1 Å². The fraction of sp³-hybridized carbons (Fsp3) is 0.265. The van der Waals surface area contributed by atoms with Gasteiger partial charge < -0.3 is 4.90 Å². The van der Waals surface area contributed by atoms with E-state index in [0.29, 0.717) is 0 Å². The Balaban J connectivity index is 1.73. The summed E-state index contributed by atoms with van der Waals surface area (Å²) in [6, 6.07) is 31.3. The third-order valence-electron chi connectivity index (χ3n) is 7.85. The number of aromatic nitrogens is 1. The van der Waals surface area contributed by atoms with Gasteiger partial charge in [0.2, 0.25) is 5.69 Å². The monoisotopic (exact) mass is 473 g/mol. The fourth-order valence-electron chi connectivity index (χ4n) is 5.77. The van der Waals surface area contributed by atoms with Crippen molar-refractivity contribution in [3.63, 3.8) is 0 Å². The summed E-state index contributed by atoms with van der Waals surface area (Å²) >= 11 is 0. The van der Waals surface area contributed by atoms with Crippen molar-refractivity contribution < 1.29 is 4.57 Å². The first-order valence-electron chi connectivity index (χ1n) is 13.2. The number of allylic oxidation sites excluding steroid dienone is 1. The Morgan fingerprint density at radius 2 is 1.44 bits per heavy atom. The highest BCUT2D eigenvalue weighted by Gasteiger charge is 2.44. The number of anilines is 3. The van der Waals surface area contributed by atoms with E-state index in [-0.39, 0.29) is 5.41 Å². The van der Waals surface area contributed by atoms with E-state index in [1.54, 1.807) is 0 Å². The average molecular weight is 474 g/mol. The van der Waals surface area contributed by atoms with Crippen molar-refractivity contribution in [2.45, 2.75) is 58.9 Å². The molecule has 0 N–H and O–H groups in total. The minimum atomic E-state index is -0.0541. The van der Waals surface area contributed by atoms with Gasteiger partial charge >= 0.3 is 0 Å².